The number of alkyl halides is 3. The van der Waals surface area contributed by atoms with Crippen LogP contribution in [0.5, 0.6) is 0 Å². The smallest absolute Gasteiger partial charge is 0.362 e. The van der Waals surface area contributed by atoms with Crippen molar-refractivity contribution in [3.8, 4) is 0 Å². The predicted molar refractivity (Wildman–Crippen MR) is 109 cm³/mol. The first-order valence-electron chi connectivity index (χ1n) is 9.06. The van der Waals surface area contributed by atoms with Gasteiger partial charge in [0.05, 0.1) is 15.1 Å². The summed E-state index contributed by atoms with van der Waals surface area (Å²) in [5.74, 6) is -0.710. The number of anilines is 1. The molecule has 1 N–H and O–H groups in total. The van der Waals surface area contributed by atoms with E-state index < -0.39 is 34.6 Å². The van der Waals surface area contributed by atoms with Gasteiger partial charge in [-0.25, -0.2) is 17.8 Å². The Morgan fingerprint density at radius 2 is 1.80 bits per heavy atom. The van der Waals surface area contributed by atoms with Crippen LogP contribution in [-0.4, -0.2) is 37.0 Å². The fourth-order valence-corrected chi connectivity index (χ4v) is 5.77. The normalized spacial score (nSPS) is 13.7. The highest BCUT2D eigenvalue weighted by Crippen LogP contribution is 2.41. The number of nitrogens with one attached hydrogen (secondary N) is 1. The van der Waals surface area contributed by atoms with Crippen molar-refractivity contribution in [1.82, 2.24) is 9.29 Å². The van der Waals surface area contributed by atoms with E-state index in [9.17, 15) is 26.0 Å². The molecule has 11 heteroatoms. The van der Waals surface area contributed by atoms with Crippen molar-refractivity contribution >= 4 is 36.7 Å². The number of aromatic nitrogens is 1. The number of halogens is 4. The second-order valence-corrected chi connectivity index (χ2v) is 9.30. The summed E-state index contributed by atoms with van der Waals surface area (Å²) in [7, 11) is -4.51. The van der Waals surface area contributed by atoms with Crippen LogP contribution in [0.15, 0.2) is 47.4 Å². The van der Waals surface area contributed by atoms with E-state index in [1.165, 1.54) is 36.5 Å². The van der Waals surface area contributed by atoms with Crippen molar-refractivity contribution in [3.63, 3.8) is 0 Å². The van der Waals surface area contributed by atoms with Crippen molar-refractivity contribution in [2.24, 2.45) is 0 Å². The molecular formula is C19H19F4N3O2S2. The largest absolute Gasteiger partial charge is 0.409 e. The van der Waals surface area contributed by atoms with E-state index in [4.69, 9.17) is 0 Å². The average molecular weight is 462 g/mol. The van der Waals surface area contributed by atoms with Crippen LogP contribution in [0.25, 0.3) is 10.2 Å². The maximum absolute atomic E-state index is 13.9. The molecule has 0 saturated carbocycles. The zero-order valence-corrected chi connectivity index (χ0v) is 17.7. The fraction of sp³-hybridized carbons (Fsp3) is 0.316. The van der Waals surface area contributed by atoms with Gasteiger partial charge in [0.15, 0.2) is 5.13 Å². The highest BCUT2D eigenvalue weighted by atomic mass is 32.2. The SMILES string of the molecule is CCNc1nc2ccc(S(=O)(=O)N(CC)[C@H](c3ccc(F)cc3)C(F)(F)F)cc2s1. The molecule has 0 fully saturated rings. The first kappa shape index (κ1) is 22.4. The van der Waals surface area contributed by atoms with Crippen molar-refractivity contribution in [2.75, 3.05) is 18.4 Å². The van der Waals surface area contributed by atoms with Crippen molar-refractivity contribution in [3.05, 3.63) is 53.8 Å². The minimum absolute atomic E-state index is 0.264. The average Bonchev–Trinajstić information content (AvgIpc) is 3.07. The lowest BCUT2D eigenvalue weighted by Crippen LogP contribution is -2.42. The Bertz CT molecular complexity index is 1130. The standard InChI is InChI=1S/C19H19F4N3O2S2/c1-3-24-18-25-15-10-9-14(11-16(15)29-18)30(27,28)26(4-2)17(19(21,22)23)12-5-7-13(20)8-6-12/h5-11,17H,3-4H2,1-2H3,(H,24,25)/t17-/m1/s1. The molecule has 3 rings (SSSR count). The fourth-order valence-electron chi connectivity index (χ4n) is 3.08. The predicted octanol–water partition coefficient (Wildman–Crippen LogP) is 5.18. The Kier molecular flexibility index (Phi) is 6.34. The second-order valence-electron chi connectivity index (χ2n) is 6.38. The molecule has 3 aromatic rings. The number of nitrogens with zero attached hydrogens (tertiary/aromatic N) is 2. The number of hydrogen-bond donors (Lipinski definition) is 1. The summed E-state index contributed by atoms with van der Waals surface area (Å²) in [6.07, 6.45) is -4.90. The molecule has 0 aliphatic carbocycles. The second kappa shape index (κ2) is 8.48. The van der Waals surface area contributed by atoms with E-state index >= 15 is 0 Å². The molecule has 0 amide bonds. The highest BCUT2D eigenvalue weighted by molar-refractivity contribution is 7.89. The molecule has 1 aromatic heterocycles. The molecule has 0 unspecified atom stereocenters. The van der Waals surface area contributed by atoms with E-state index in [1.54, 1.807) is 0 Å². The molecule has 2 aromatic carbocycles. The molecule has 0 aliphatic rings. The van der Waals surface area contributed by atoms with E-state index in [1.807, 2.05) is 6.92 Å². The van der Waals surface area contributed by atoms with Crippen LogP contribution >= 0.6 is 11.3 Å². The number of rotatable bonds is 7. The third-order valence-electron chi connectivity index (χ3n) is 4.39. The Hall–Kier alpha value is -2.24. The Morgan fingerprint density at radius 1 is 1.13 bits per heavy atom. The Balaban J connectivity index is 2.08. The molecular weight excluding hydrogens is 442 g/mol. The van der Waals surface area contributed by atoms with Crippen LogP contribution in [0.4, 0.5) is 22.7 Å². The van der Waals surface area contributed by atoms with Crippen LogP contribution < -0.4 is 5.32 Å². The zero-order chi connectivity index (χ0) is 22.1. The van der Waals surface area contributed by atoms with Gasteiger partial charge in [0.2, 0.25) is 10.0 Å². The van der Waals surface area contributed by atoms with Crippen molar-refractivity contribution < 1.29 is 26.0 Å². The van der Waals surface area contributed by atoms with Crippen LogP contribution in [0, 0.1) is 5.82 Å². The third-order valence-corrected chi connectivity index (χ3v) is 7.30. The number of benzene rings is 2. The third kappa shape index (κ3) is 4.42. The van der Waals surface area contributed by atoms with E-state index in [2.05, 4.69) is 10.3 Å². The minimum Gasteiger partial charge on any atom is -0.362 e. The summed E-state index contributed by atoms with van der Waals surface area (Å²) in [5.41, 5.74) is 0.187. The van der Waals surface area contributed by atoms with Gasteiger partial charge in [0, 0.05) is 13.1 Å². The Labute approximate surface area is 175 Å². The molecule has 1 heterocycles. The molecule has 0 bridgehead atoms. The lowest BCUT2D eigenvalue weighted by Gasteiger charge is -2.31. The van der Waals surface area contributed by atoms with Gasteiger partial charge in [-0.15, -0.1) is 0 Å². The molecule has 0 aliphatic heterocycles. The van der Waals surface area contributed by atoms with Gasteiger partial charge in [-0.3, -0.25) is 0 Å². The first-order chi connectivity index (χ1) is 14.1. The number of fused-ring (bicyclic) bond motifs is 1. The van der Waals surface area contributed by atoms with Crippen molar-refractivity contribution in [2.45, 2.75) is 31.0 Å². The molecule has 162 valence electrons. The monoisotopic (exact) mass is 461 g/mol. The number of thiazole rings is 1. The van der Waals surface area contributed by atoms with Gasteiger partial charge in [-0.2, -0.15) is 17.5 Å². The minimum atomic E-state index is -4.90. The van der Waals surface area contributed by atoms with Gasteiger partial charge in [0.1, 0.15) is 11.9 Å². The highest BCUT2D eigenvalue weighted by Gasteiger charge is 2.48. The molecule has 30 heavy (non-hydrogen) atoms. The van der Waals surface area contributed by atoms with Gasteiger partial charge < -0.3 is 5.32 Å². The quantitative estimate of drug-likeness (QED) is 0.493. The van der Waals surface area contributed by atoms with Crippen LogP contribution in [0.1, 0.15) is 25.5 Å². The van der Waals surface area contributed by atoms with Crippen molar-refractivity contribution in [1.29, 1.82) is 0 Å². The molecule has 1 atom stereocenters. The lowest BCUT2D eigenvalue weighted by molar-refractivity contribution is -0.173. The summed E-state index contributed by atoms with van der Waals surface area (Å²) in [6.45, 7) is 3.41. The number of sulfonamides is 1. The summed E-state index contributed by atoms with van der Waals surface area (Å²) in [5, 5.41) is 3.61. The zero-order valence-electron chi connectivity index (χ0n) is 16.1. The first-order valence-corrected chi connectivity index (χ1v) is 11.3. The summed E-state index contributed by atoms with van der Waals surface area (Å²) in [4.78, 5) is 4.04. The number of hydrogen-bond acceptors (Lipinski definition) is 5. The molecule has 0 spiro atoms. The van der Waals surface area contributed by atoms with Gasteiger partial charge >= 0.3 is 6.18 Å². The molecule has 0 saturated heterocycles. The maximum Gasteiger partial charge on any atom is 0.409 e. The van der Waals surface area contributed by atoms with E-state index in [-0.39, 0.29) is 10.5 Å². The summed E-state index contributed by atoms with van der Waals surface area (Å²) in [6, 6.07) is 5.23. The summed E-state index contributed by atoms with van der Waals surface area (Å²) >= 11 is 1.21. The van der Waals surface area contributed by atoms with Crippen LogP contribution in [0.3, 0.4) is 0 Å². The van der Waals surface area contributed by atoms with Gasteiger partial charge in [-0.1, -0.05) is 30.4 Å². The van der Waals surface area contributed by atoms with Gasteiger partial charge in [0.25, 0.3) is 0 Å². The van der Waals surface area contributed by atoms with Crippen LogP contribution in [0.2, 0.25) is 0 Å². The summed E-state index contributed by atoms with van der Waals surface area (Å²) < 4.78 is 82.2. The van der Waals surface area contributed by atoms with Gasteiger partial charge in [-0.05, 0) is 42.8 Å². The lowest BCUT2D eigenvalue weighted by atomic mass is 10.1. The van der Waals surface area contributed by atoms with E-state index in [0.29, 0.717) is 26.2 Å². The molecule has 0 radical (unpaired) electrons. The Morgan fingerprint density at radius 3 is 2.37 bits per heavy atom. The topological polar surface area (TPSA) is 62.3 Å². The maximum atomic E-state index is 13.9. The van der Waals surface area contributed by atoms with Crippen LogP contribution in [-0.2, 0) is 10.0 Å². The molecule has 5 nitrogen and oxygen atoms in total. The van der Waals surface area contributed by atoms with E-state index in [0.717, 1.165) is 24.3 Å².